The van der Waals surface area contributed by atoms with E-state index in [1.807, 2.05) is 6.07 Å². The molecule has 1 aromatic rings. The molecule has 0 unspecified atom stereocenters. The number of hydrogen-bond acceptors (Lipinski definition) is 2. The molecule has 1 aromatic carbocycles. The first-order chi connectivity index (χ1) is 8.90. The fraction of sp³-hybridized carbons (Fsp3) is 0.0625. The van der Waals surface area contributed by atoms with Crippen LogP contribution in [-0.4, -0.2) is 11.4 Å². The molecule has 4 rings (SSSR count). The highest BCUT2D eigenvalue weighted by Crippen LogP contribution is 2.22. The summed E-state index contributed by atoms with van der Waals surface area (Å²) in [6.07, 6.45) is 12.8. The van der Waals surface area contributed by atoms with Gasteiger partial charge in [0.05, 0.1) is 11.1 Å². The molecule has 0 spiro atoms. The number of allylic oxidation sites excluding steroid dienone is 3. The van der Waals surface area contributed by atoms with E-state index in [1.54, 1.807) is 0 Å². The smallest absolute Gasteiger partial charge is 0.0720 e. The summed E-state index contributed by atoms with van der Waals surface area (Å²) in [7, 11) is 0. The van der Waals surface area contributed by atoms with Crippen LogP contribution in [0.4, 0.5) is 0 Å². The van der Waals surface area contributed by atoms with E-state index in [9.17, 15) is 0 Å². The van der Waals surface area contributed by atoms with Gasteiger partial charge in [-0.15, -0.1) is 0 Å². The third-order valence-electron chi connectivity index (χ3n) is 3.42. The number of benzene rings is 1. The summed E-state index contributed by atoms with van der Waals surface area (Å²) in [4.78, 5) is 6.90. The van der Waals surface area contributed by atoms with E-state index in [2.05, 4.69) is 59.8 Å². The lowest BCUT2D eigenvalue weighted by molar-refractivity contribution is 0.548. The van der Waals surface area contributed by atoms with Gasteiger partial charge in [-0.3, -0.25) is 0 Å². The zero-order valence-corrected chi connectivity index (χ0v) is 9.88. The molecule has 2 nitrogen and oxygen atoms in total. The van der Waals surface area contributed by atoms with Crippen LogP contribution in [0.3, 0.4) is 0 Å². The fourth-order valence-electron chi connectivity index (χ4n) is 2.55. The molecule has 0 fully saturated rings. The molecule has 0 radical (unpaired) electrons. The molecule has 3 heterocycles. The number of hydrogen-bond donors (Lipinski definition) is 0. The summed E-state index contributed by atoms with van der Waals surface area (Å²) in [5, 5.41) is 2.30. The Morgan fingerprint density at radius 2 is 2.06 bits per heavy atom. The maximum Gasteiger partial charge on any atom is 0.0720 e. The highest BCUT2D eigenvalue weighted by Gasteiger charge is 2.14. The minimum atomic E-state index is 0.926. The van der Waals surface area contributed by atoms with Crippen molar-refractivity contribution >= 4 is 5.57 Å². The lowest BCUT2D eigenvalue weighted by Crippen LogP contribution is -2.22. The predicted molar refractivity (Wildman–Crippen MR) is 71.8 cm³/mol. The average molecular weight is 232 g/mol. The monoisotopic (exact) mass is 232 g/mol. The molecule has 2 heteroatoms. The van der Waals surface area contributed by atoms with E-state index in [0.717, 1.165) is 17.6 Å². The summed E-state index contributed by atoms with van der Waals surface area (Å²) in [6, 6.07) is 8.31. The summed E-state index contributed by atoms with van der Waals surface area (Å²) in [5.41, 5.74) is 3.59. The second-order valence-electron chi connectivity index (χ2n) is 4.64. The molecule has 18 heavy (non-hydrogen) atoms. The van der Waals surface area contributed by atoms with E-state index in [4.69, 9.17) is 4.99 Å². The van der Waals surface area contributed by atoms with E-state index in [0.29, 0.717) is 0 Å². The third-order valence-corrected chi connectivity index (χ3v) is 3.42. The standard InChI is InChI=1S/C16H12N2/c1-2-6-15-13(5-1)14-7-9-18-8-3-4-12(11-18)10-16(14)17-15/h1-10H,11H2/b9-7-,16-10+. The van der Waals surface area contributed by atoms with Crippen LogP contribution in [0.5, 0.6) is 0 Å². The van der Waals surface area contributed by atoms with Gasteiger partial charge in [0.25, 0.3) is 0 Å². The second-order valence-corrected chi connectivity index (χ2v) is 4.64. The van der Waals surface area contributed by atoms with Gasteiger partial charge in [-0.25, -0.2) is 4.99 Å². The first kappa shape index (κ1) is 9.66. The maximum atomic E-state index is 4.71. The van der Waals surface area contributed by atoms with Crippen molar-refractivity contribution in [3.8, 4) is 0 Å². The van der Waals surface area contributed by atoms with Crippen LogP contribution in [0, 0.1) is 0 Å². The Morgan fingerprint density at radius 3 is 3.06 bits per heavy atom. The number of fused-ring (bicyclic) bond motifs is 4. The first-order valence-corrected chi connectivity index (χ1v) is 6.12. The summed E-state index contributed by atoms with van der Waals surface area (Å²) in [6.45, 7) is 0.926. The highest BCUT2D eigenvalue weighted by atomic mass is 15.1. The van der Waals surface area contributed by atoms with Crippen LogP contribution in [0.25, 0.3) is 5.57 Å². The second kappa shape index (κ2) is 3.57. The van der Waals surface area contributed by atoms with Crippen LogP contribution in [0.15, 0.2) is 77.2 Å². The first-order valence-electron chi connectivity index (χ1n) is 6.12. The van der Waals surface area contributed by atoms with Crippen molar-refractivity contribution in [3.63, 3.8) is 0 Å². The van der Waals surface area contributed by atoms with Crippen LogP contribution >= 0.6 is 0 Å². The predicted octanol–water partition coefficient (Wildman–Crippen LogP) is 1.64. The van der Waals surface area contributed by atoms with E-state index in [-0.39, 0.29) is 0 Å². The zero-order chi connectivity index (χ0) is 11.9. The summed E-state index contributed by atoms with van der Waals surface area (Å²) in [5.74, 6) is 0. The van der Waals surface area contributed by atoms with Gasteiger partial charge in [-0.05, 0) is 29.9 Å². The maximum absolute atomic E-state index is 4.71. The molecule has 3 aliphatic heterocycles. The van der Waals surface area contributed by atoms with Crippen molar-refractivity contribution in [2.75, 3.05) is 6.54 Å². The Hall–Kier alpha value is -2.35. The van der Waals surface area contributed by atoms with Crippen LogP contribution in [0.1, 0.15) is 0 Å². The summed E-state index contributed by atoms with van der Waals surface area (Å²) >= 11 is 0. The number of rotatable bonds is 0. The van der Waals surface area contributed by atoms with Gasteiger partial charge < -0.3 is 4.90 Å². The molecule has 0 N–H and O–H groups in total. The van der Waals surface area contributed by atoms with Crippen LogP contribution in [0.2, 0.25) is 0 Å². The van der Waals surface area contributed by atoms with Crippen molar-refractivity contribution in [1.82, 2.24) is 4.90 Å². The molecule has 2 bridgehead atoms. The molecule has 0 atom stereocenters. The van der Waals surface area contributed by atoms with Crippen molar-refractivity contribution in [1.29, 1.82) is 0 Å². The van der Waals surface area contributed by atoms with Gasteiger partial charge >= 0.3 is 0 Å². The molecule has 0 aliphatic carbocycles. The van der Waals surface area contributed by atoms with Crippen molar-refractivity contribution in [3.05, 3.63) is 82.8 Å². The number of para-hydroxylation sites is 1. The topological polar surface area (TPSA) is 15.6 Å². The molecule has 86 valence electrons. The highest BCUT2D eigenvalue weighted by molar-refractivity contribution is 5.75. The van der Waals surface area contributed by atoms with E-state index < -0.39 is 0 Å². The van der Waals surface area contributed by atoms with Crippen molar-refractivity contribution in [2.24, 2.45) is 4.99 Å². The van der Waals surface area contributed by atoms with Gasteiger partial charge in [0.1, 0.15) is 0 Å². The Morgan fingerprint density at radius 1 is 1.11 bits per heavy atom. The fourth-order valence-corrected chi connectivity index (χ4v) is 2.55. The van der Waals surface area contributed by atoms with Gasteiger partial charge in [0, 0.05) is 29.7 Å². The Labute approximate surface area is 105 Å². The molecule has 0 aromatic heterocycles. The Bertz CT molecular complexity index is 761. The van der Waals surface area contributed by atoms with Crippen LogP contribution in [-0.2, 0) is 0 Å². The zero-order valence-electron chi connectivity index (χ0n) is 9.88. The van der Waals surface area contributed by atoms with Gasteiger partial charge in [0.2, 0.25) is 0 Å². The van der Waals surface area contributed by atoms with Gasteiger partial charge in [-0.2, -0.15) is 0 Å². The SMILES string of the molecule is C1=CN2/C=C\C3=c4ccccc4=N/C3=C/C(=C1)C2. The van der Waals surface area contributed by atoms with Gasteiger partial charge in [-0.1, -0.05) is 24.3 Å². The number of nitrogens with zero attached hydrogens (tertiary/aromatic N) is 2. The summed E-state index contributed by atoms with van der Waals surface area (Å²) < 4.78 is 0. The molecular weight excluding hydrogens is 220 g/mol. The lowest BCUT2D eigenvalue weighted by atomic mass is 10.0. The lowest BCUT2D eigenvalue weighted by Gasteiger charge is -2.21. The third kappa shape index (κ3) is 1.39. The van der Waals surface area contributed by atoms with Crippen LogP contribution < -0.4 is 10.6 Å². The van der Waals surface area contributed by atoms with E-state index >= 15 is 0 Å². The minimum Gasteiger partial charge on any atom is -0.350 e. The average Bonchev–Trinajstić information content (AvgIpc) is 2.72. The largest absolute Gasteiger partial charge is 0.350 e. The Balaban J connectivity index is 2.03. The quantitative estimate of drug-likeness (QED) is 0.664. The minimum absolute atomic E-state index is 0.926. The Kier molecular flexibility index (Phi) is 1.92. The molecule has 0 saturated carbocycles. The molecule has 3 aliphatic rings. The van der Waals surface area contributed by atoms with Crippen molar-refractivity contribution < 1.29 is 0 Å². The van der Waals surface area contributed by atoms with Crippen molar-refractivity contribution in [2.45, 2.75) is 0 Å². The molecule has 0 amide bonds. The van der Waals surface area contributed by atoms with Gasteiger partial charge in [0.15, 0.2) is 0 Å². The molecule has 0 saturated heterocycles. The molecular formula is C16H12N2. The normalized spacial score (nSPS) is 24.0. The van der Waals surface area contributed by atoms with E-state index in [1.165, 1.54) is 16.4 Å².